The average Bonchev–Trinajstić information content (AvgIpc) is 3.39. The van der Waals surface area contributed by atoms with Crippen LogP contribution >= 0.6 is 23.1 Å². The second-order valence-electron chi connectivity index (χ2n) is 7.25. The molecular weight excluding hydrogens is 416 g/mol. The summed E-state index contributed by atoms with van der Waals surface area (Å²) in [6.45, 7) is 6.04. The summed E-state index contributed by atoms with van der Waals surface area (Å²) in [5.41, 5.74) is 3.30. The summed E-state index contributed by atoms with van der Waals surface area (Å²) in [7, 11) is 0. The van der Waals surface area contributed by atoms with E-state index in [1.54, 1.807) is 23.1 Å². The first-order valence-electron chi connectivity index (χ1n) is 9.95. The van der Waals surface area contributed by atoms with E-state index in [9.17, 15) is 0 Å². The minimum atomic E-state index is 0.713. The number of aromatic nitrogens is 3. The average molecular weight is 439 g/mol. The molecule has 3 aromatic heterocycles. The third-order valence-corrected chi connectivity index (χ3v) is 6.91. The van der Waals surface area contributed by atoms with Gasteiger partial charge in [-0.25, -0.2) is 9.97 Å². The molecule has 0 amide bonds. The van der Waals surface area contributed by atoms with E-state index in [2.05, 4.69) is 39.7 Å². The number of ether oxygens (including phenoxy) is 1. The van der Waals surface area contributed by atoms with Crippen LogP contribution in [0.5, 0.6) is 0 Å². The van der Waals surface area contributed by atoms with Crippen LogP contribution in [0.1, 0.15) is 17.3 Å². The highest BCUT2D eigenvalue weighted by atomic mass is 32.2. The zero-order valence-corrected chi connectivity index (χ0v) is 18.3. The molecule has 4 heterocycles. The van der Waals surface area contributed by atoms with Gasteiger partial charge in [-0.2, -0.15) is 0 Å². The van der Waals surface area contributed by atoms with Crippen LogP contribution in [0.2, 0.25) is 0 Å². The van der Waals surface area contributed by atoms with Gasteiger partial charge in [0.15, 0.2) is 0 Å². The Kier molecular flexibility index (Phi) is 5.81. The molecule has 154 valence electrons. The van der Waals surface area contributed by atoms with E-state index in [1.165, 1.54) is 11.1 Å². The molecule has 0 aliphatic carbocycles. The molecule has 4 aromatic rings. The monoisotopic (exact) mass is 438 g/mol. The highest BCUT2D eigenvalue weighted by molar-refractivity contribution is 7.98. The van der Waals surface area contributed by atoms with E-state index in [0.29, 0.717) is 5.75 Å². The van der Waals surface area contributed by atoms with Gasteiger partial charge >= 0.3 is 0 Å². The van der Waals surface area contributed by atoms with Crippen LogP contribution in [0, 0.1) is 6.92 Å². The molecule has 5 rings (SSSR count). The van der Waals surface area contributed by atoms with Gasteiger partial charge < -0.3 is 9.26 Å². The lowest BCUT2D eigenvalue weighted by Crippen LogP contribution is -2.36. The van der Waals surface area contributed by atoms with Gasteiger partial charge in [-0.1, -0.05) is 47.3 Å². The van der Waals surface area contributed by atoms with Crippen molar-refractivity contribution < 1.29 is 9.26 Å². The van der Waals surface area contributed by atoms with Crippen molar-refractivity contribution >= 4 is 33.3 Å². The van der Waals surface area contributed by atoms with Gasteiger partial charge in [-0.3, -0.25) is 4.90 Å². The molecule has 1 saturated heterocycles. The van der Waals surface area contributed by atoms with Crippen LogP contribution in [-0.2, 0) is 17.0 Å². The maximum absolute atomic E-state index is 5.47. The topological polar surface area (TPSA) is 64.3 Å². The van der Waals surface area contributed by atoms with E-state index in [1.807, 2.05) is 19.1 Å². The summed E-state index contributed by atoms with van der Waals surface area (Å²) in [4.78, 5) is 13.3. The highest BCUT2D eigenvalue weighted by Crippen LogP contribution is 2.39. The number of thioether (sulfide) groups is 1. The van der Waals surface area contributed by atoms with Crippen LogP contribution in [0.15, 0.2) is 51.3 Å². The van der Waals surface area contributed by atoms with Gasteiger partial charge in [0.2, 0.25) is 0 Å². The summed E-state index contributed by atoms with van der Waals surface area (Å²) in [6, 6.07) is 12.4. The van der Waals surface area contributed by atoms with Crippen molar-refractivity contribution in [2.75, 3.05) is 26.3 Å². The maximum atomic E-state index is 5.47. The van der Waals surface area contributed by atoms with Gasteiger partial charge in [-0.15, -0.1) is 11.3 Å². The molecular formula is C22H22N4O2S2. The number of thiophene rings is 1. The van der Waals surface area contributed by atoms with Crippen molar-refractivity contribution in [3.8, 4) is 11.1 Å². The lowest BCUT2D eigenvalue weighted by atomic mass is 10.1. The number of rotatable bonds is 6. The number of hydrogen-bond donors (Lipinski definition) is 0. The molecule has 0 atom stereocenters. The number of fused-ring (bicyclic) bond motifs is 1. The summed E-state index contributed by atoms with van der Waals surface area (Å²) in [5, 5.41) is 8.46. The lowest BCUT2D eigenvalue weighted by Gasteiger charge is -2.25. The SMILES string of the molecule is Cc1cc(CSc2nc(CN3CCOCC3)nc3scc(-c4ccccc4)c23)no1. The third kappa shape index (κ3) is 4.27. The molecule has 30 heavy (non-hydrogen) atoms. The fourth-order valence-electron chi connectivity index (χ4n) is 3.54. The Morgan fingerprint density at radius 1 is 1.13 bits per heavy atom. The molecule has 8 heteroatoms. The molecule has 0 unspecified atom stereocenters. The van der Waals surface area contributed by atoms with E-state index < -0.39 is 0 Å². The standard InChI is InChI=1S/C22H22N4O2S2/c1-15-11-17(25-28-15)13-29-21-20-18(16-5-3-2-4-6-16)14-30-22(20)24-19(23-21)12-26-7-9-27-10-8-26/h2-6,11,14H,7-10,12-13H2,1H3. The summed E-state index contributed by atoms with van der Waals surface area (Å²) in [5.74, 6) is 2.40. The molecule has 6 nitrogen and oxygen atoms in total. The Balaban J connectivity index is 1.52. The van der Waals surface area contributed by atoms with E-state index in [4.69, 9.17) is 19.2 Å². The Bertz CT molecular complexity index is 1140. The van der Waals surface area contributed by atoms with Crippen molar-refractivity contribution in [3.63, 3.8) is 0 Å². The molecule has 0 N–H and O–H groups in total. The van der Waals surface area contributed by atoms with E-state index in [-0.39, 0.29) is 0 Å². The number of aryl methyl sites for hydroxylation is 1. The predicted molar refractivity (Wildman–Crippen MR) is 120 cm³/mol. The summed E-state index contributed by atoms with van der Waals surface area (Å²) in [6.07, 6.45) is 0. The predicted octanol–water partition coefficient (Wildman–Crippen LogP) is 4.78. The second-order valence-corrected chi connectivity index (χ2v) is 9.07. The minimum Gasteiger partial charge on any atom is -0.379 e. The highest BCUT2D eigenvalue weighted by Gasteiger charge is 2.19. The zero-order valence-electron chi connectivity index (χ0n) is 16.7. The summed E-state index contributed by atoms with van der Waals surface area (Å²) >= 11 is 3.38. The Morgan fingerprint density at radius 2 is 1.97 bits per heavy atom. The Hall–Kier alpha value is -2.26. The number of nitrogens with zero attached hydrogens (tertiary/aromatic N) is 4. The molecule has 0 saturated carbocycles. The van der Waals surface area contributed by atoms with Crippen LogP contribution < -0.4 is 0 Å². The van der Waals surface area contributed by atoms with Gasteiger partial charge in [0.05, 0.1) is 30.8 Å². The molecule has 1 aliphatic rings. The molecule has 1 aliphatic heterocycles. The first-order valence-corrected chi connectivity index (χ1v) is 11.8. The summed E-state index contributed by atoms with van der Waals surface area (Å²) < 4.78 is 10.7. The van der Waals surface area contributed by atoms with Crippen molar-refractivity contribution in [2.45, 2.75) is 24.2 Å². The fraction of sp³-hybridized carbons (Fsp3) is 0.318. The Morgan fingerprint density at radius 3 is 2.73 bits per heavy atom. The van der Waals surface area contributed by atoms with Crippen molar-refractivity contribution in [2.24, 2.45) is 0 Å². The third-order valence-electron chi connectivity index (χ3n) is 5.03. The Labute approximate surface area is 183 Å². The second kappa shape index (κ2) is 8.85. The zero-order chi connectivity index (χ0) is 20.3. The fourth-order valence-corrected chi connectivity index (χ4v) is 5.52. The maximum Gasteiger partial charge on any atom is 0.145 e. The van der Waals surface area contributed by atoms with E-state index in [0.717, 1.165) is 65.4 Å². The van der Waals surface area contributed by atoms with Crippen molar-refractivity contribution in [3.05, 3.63) is 59.1 Å². The van der Waals surface area contributed by atoms with Crippen LogP contribution in [0.3, 0.4) is 0 Å². The van der Waals surface area contributed by atoms with Gasteiger partial charge in [-0.05, 0) is 12.5 Å². The van der Waals surface area contributed by atoms with Gasteiger partial charge in [0.1, 0.15) is 21.4 Å². The number of hydrogen-bond acceptors (Lipinski definition) is 8. The lowest BCUT2D eigenvalue weighted by molar-refractivity contribution is 0.0330. The minimum absolute atomic E-state index is 0.713. The quantitative estimate of drug-likeness (QED) is 0.317. The van der Waals surface area contributed by atoms with Gasteiger partial charge in [0, 0.05) is 35.9 Å². The molecule has 1 fully saturated rings. The normalized spacial score (nSPS) is 15.1. The van der Waals surface area contributed by atoms with Crippen LogP contribution in [0.4, 0.5) is 0 Å². The molecule has 0 bridgehead atoms. The smallest absolute Gasteiger partial charge is 0.145 e. The van der Waals surface area contributed by atoms with Crippen LogP contribution in [0.25, 0.3) is 21.3 Å². The van der Waals surface area contributed by atoms with E-state index >= 15 is 0 Å². The first-order chi connectivity index (χ1) is 14.8. The molecule has 0 radical (unpaired) electrons. The number of benzene rings is 1. The van der Waals surface area contributed by atoms with Crippen molar-refractivity contribution in [1.29, 1.82) is 0 Å². The van der Waals surface area contributed by atoms with Crippen LogP contribution in [-0.4, -0.2) is 46.3 Å². The van der Waals surface area contributed by atoms with Gasteiger partial charge in [0.25, 0.3) is 0 Å². The number of morpholine rings is 1. The largest absolute Gasteiger partial charge is 0.379 e. The molecule has 0 spiro atoms. The van der Waals surface area contributed by atoms with Crippen molar-refractivity contribution in [1.82, 2.24) is 20.0 Å². The first kappa shape index (κ1) is 19.7. The molecule has 1 aromatic carbocycles.